The molecule has 4 bridgehead atoms. The van der Waals surface area contributed by atoms with E-state index in [0.717, 1.165) is 47.1 Å². The Morgan fingerprint density at radius 1 is 1.12 bits per heavy atom. The van der Waals surface area contributed by atoms with Crippen LogP contribution in [0.2, 0.25) is 0 Å². The van der Waals surface area contributed by atoms with Crippen molar-refractivity contribution in [1.82, 2.24) is 0 Å². The predicted octanol–water partition coefficient (Wildman–Crippen LogP) is 4.79. The van der Waals surface area contributed by atoms with Gasteiger partial charge in [0.1, 0.15) is 0 Å². The number of hydrogen-bond donors (Lipinski definition) is 0. The second-order valence-corrected chi connectivity index (χ2v) is 9.03. The van der Waals surface area contributed by atoms with E-state index in [2.05, 4.69) is 15.9 Å². The first-order chi connectivity index (χ1) is 12.0. The number of carbonyl (C=O) groups is 2. The normalized spacial score (nSPS) is 32.9. The number of carbonyl (C=O) groups excluding carboxylic acids is 2. The number of benzene rings is 1. The maximum Gasteiger partial charge on any atom is 0.331 e. The van der Waals surface area contributed by atoms with Crippen molar-refractivity contribution in [2.75, 3.05) is 6.61 Å². The molecule has 3 nitrogen and oxygen atoms in total. The molecule has 4 saturated carbocycles. The quantitative estimate of drug-likeness (QED) is 0.525. The van der Waals surface area contributed by atoms with Gasteiger partial charge in [-0.05, 0) is 80.1 Å². The third-order valence-corrected chi connectivity index (χ3v) is 6.73. The molecule has 1 aromatic carbocycles. The fourth-order valence-corrected chi connectivity index (χ4v) is 5.98. The van der Waals surface area contributed by atoms with Crippen molar-refractivity contribution in [3.63, 3.8) is 0 Å². The topological polar surface area (TPSA) is 43.4 Å². The fraction of sp³-hybridized carbons (Fsp3) is 0.524. The van der Waals surface area contributed by atoms with Crippen LogP contribution in [0.25, 0.3) is 6.08 Å². The average molecular weight is 403 g/mol. The van der Waals surface area contributed by atoms with Crippen molar-refractivity contribution < 1.29 is 14.3 Å². The molecule has 0 aliphatic heterocycles. The van der Waals surface area contributed by atoms with Gasteiger partial charge in [-0.3, -0.25) is 4.79 Å². The highest BCUT2D eigenvalue weighted by Gasteiger charge is 2.54. The van der Waals surface area contributed by atoms with Gasteiger partial charge in [0.25, 0.3) is 0 Å². The van der Waals surface area contributed by atoms with E-state index in [-0.39, 0.29) is 17.8 Å². The van der Waals surface area contributed by atoms with Gasteiger partial charge in [-0.15, -0.1) is 0 Å². The van der Waals surface area contributed by atoms with Crippen LogP contribution in [0.5, 0.6) is 0 Å². The Kier molecular flexibility index (Phi) is 4.57. The number of ether oxygens (including phenoxy) is 1. The molecule has 5 rings (SSSR count). The Balaban J connectivity index is 1.33. The zero-order valence-corrected chi connectivity index (χ0v) is 15.8. The molecule has 0 aromatic heterocycles. The minimum Gasteiger partial charge on any atom is -0.455 e. The van der Waals surface area contributed by atoms with Crippen LogP contribution >= 0.6 is 15.9 Å². The van der Waals surface area contributed by atoms with E-state index in [1.54, 1.807) is 6.08 Å². The smallest absolute Gasteiger partial charge is 0.331 e. The minimum absolute atomic E-state index is 0.0756. The molecule has 0 heterocycles. The number of ketones is 1. The number of esters is 1. The number of rotatable bonds is 5. The maximum absolute atomic E-state index is 12.8. The van der Waals surface area contributed by atoms with Gasteiger partial charge >= 0.3 is 5.97 Å². The van der Waals surface area contributed by atoms with E-state index in [0.29, 0.717) is 0 Å². The van der Waals surface area contributed by atoms with Crippen molar-refractivity contribution in [3.8, 4) is 0 Å². The second-order valence-electron chi connectivity index (χ2n) is 8.12. The summed E-state index contributed by atoms with van der Waals surface area (Å²) < 4.78 is 6.22. The highest BCUT2D eigenvalue weighted by Crippen LogP contribution is 2.60. The zero-order chi connectivity index (χ0) is 17.4. The summed E-state index contributed by atoms with van der Waals surface area (Å²) in [6.07, 6.45) is 10.1. The molecular formula is C21H23BrO3. The lowest BCUT2D eigenvalue weighted by atomic mass is 9.48. The Morgan fingerprint density at radius 3 is 2.36 bits per heavy atom. The summed E-state index contributed by atoms with van der Waals surface area (Å²) in [4.78, 5) is 24.8. The largest absolute Gasteiger partial charge is 0.455 e. The lowest BCUT2D eigenvalue weighted by Crippen LogP contribution is -2.51. The van der Waals surface area contributed by atoms with Gasteiger partial charge < -0.3 is 4.74 Å². The Hall–Kier alpha value is -1.42. The van der Waals surface area contributed by atoms with Crippen molar-refractivity contribution in [2.24, 2.45) is 23.2 Å². The minimum atomic E-state index is -0.446. The van der Waals surface area contributed by atoms with Crippen molar-refractivity contribution in [3.05, 3.63) is 40.4 Å². The standard InChI is InChI=1S/C21H23BrO3/c22-18-3-1-2-14(9-18)4-5-20(24)25-13-19(23)21-10-15-6-16(11-21)8-17(7-15)12-21/h1-5,9,15-17H,6-8,10-13H2/b5-4+. The van der Waals surface area contributed by atoms with Gasteiger partial charge in [0, 0.05) is 16.0 Å². The molecule has 4 aliphatic rings. The monoisotopic (exact) mass is 402 g/mol. The van der Waals surface area contributed by atoms with Crippen LogP contribution in [0.3, 0.4) is 0 Å². The Morgan fingerprint density at radius 2 is 1.76 bits per heavy atom. The third-order valence-electron chi connectivity index (χ3n) is 6.24. The van der Waals surface area contributed by atoms with E-state index in [1.165, 1.54) is 25.3 Å². The molecule has 0 atom stereocenters. The lowest BCUT2D eigenvalue weighted by Gasteiger charge is -2.55. The van der Waals surface area contributed by atoms with Gasteiger partial charge in [-0.1, -0.05) is 28.1 Å². The number of halogens is 1. The summed E-state index contributed by atoms with van der Waals surface area (Å²) in [5.74, 6) is 1.88. The molecule has 4 heteroatoms. The van der Waals surface area contributed by atoms with Crippen LogP contribution in [-0.2, 0) is 14.3 Å². The SMILES string of the molecule is O=C(/C=C/c1cccc(Br)c1)OCC(=O)C12CC3CC(CC(C3)C1)C2. The maximum atomic E-state index is 12.8. The number of Topliss-reactive ketones (excluding diaryl/α,β-unsaturated/α-hetero) is 1. The molecule has 0 saturated heterocycles. The highest BCUT2D eigenvalue weighted by molar-refractivity contribution is 9.10. The molecule has 4 aliphatic carbocycles. The second kappa shape index (κ2) is 6.71. The summed E-state index contributed by atoms with van der Waals surface area (Å²) in [5, 5.41) is 0. The van der Waals surface area contributed by atoms with E-state index >= 15 is 0 Å². The first-order valence-corrected chi connectivity index (χ1v) is 9.95. The molecule has 25 heavy (non-hydrogen) atoms. The Bertz CT molecular complexity index is 686. The zero-order valence-electron chi connectivity index (χ0n) is 14.2. The van der Waals surface area contributed by atoms with Crippen LogP contribution in [0.15, 0.2) is 34.8 Å². The van der Waals surface area contributed by atoms with Crippen LogP contribution in [0.1, 0.15) is 44.1 Å². The van der Waals surface area contributed by atoms with Gasteiger partial charge in [-0.2, -0.15) is 0 Å². The molecule has 4 fully saturated rings. The van der Waals surface area contributed by atoms with E-state index < -0.39 is 5.97 Å². The molecule has 0 unspecified atom stereocenters. The van der Waals surface area contributed by atoms with Gasteiger partial charge in [-0.25, -0.2) is 4.79 Å². The fourth-order valence-electron chi connectivity index (χ4n) is 5.56. The van der Waals surface area contributed by atoms with Crippen LogP contribution in [-0.4, -0.2) is 18.4 Å². The van der Waals surface area contributed by atoms with Crippen molar-refractivity contribution in [1.29, 1.82) is 0 Å². The summed E-state index contributed by atoms with van der Waals surface area (Å²) in [6, 6.07) is 7.67. The molecule has 0 spiro atoms. The summed E-state index contributed by atoms with van der Waals surface area (Å²) in [5.41, 5.74) is 0.724. The number of hydrogen-bond acceptors (Lipinski definition) is 3. The molecule has 132 valence electrons. The predicted molar refractivity (Wildman–Crippen MR) is 99.7 cm³/mol. The molecule has 0 N–H and O–H groups in total. The van der Waals surface area contributed by atoms with Crippen LogP contribution in [0.4, 0.5) is 0 Å². The Labute approximate surface area is 157 Å². The van der Waals surface area contributed by atoms with Gasteiger partial charge in [0.15, 0.2) is 12.4 Å². The lowest BCUT2D eigenvalue weighted by molar-refractivity contribution is -0.155. The van der Waals surface area contributed by atoms with Gasteiger partial charge in [0.05, 0.1) is 0 Å². The molecule has 1 aromatic rings. The van der Waals surface area contributed by atoms with Crippen LogP contribution < -0.4 is 0 Å². The molecular weight excluding hydrogens is 380 g/mol. The summed E-state index contributed by atoms with van der Waals surface area (Å²) in [7, 11) is 0. The third kappa shape index (κ3) is 3.59. The highest BCUT2D eigenvalue weighted by atomic mass is 79.9. The van der Waals surface area contributed by atoms with Crippen molar-refractivity contribution >= 4 is 33.8 Å². The summed E-state index contributed by atoms with van der Waals surface area (Å²) >= 11 is 3.40. The first-order valence-electron chi connectivity index (χ1n) is 9.16. The summed E-state index contributed by atoms with van der Waals surface area (Å²) in [6.45, 7) is -0.0756. The van der Waals surface area contributed by atoms with Crippen molar-refractivity contribution in [2.45, 2.75) is 38.5 Å². The van der Waals surface area contributed by atoms with Gasteiger partial charge in [0.2, 0.25) is 0 Å². The van der Waals surface area contributed by atoms with E-state index in [9.17, 15) is 9.59 Å². The first kappa shape index (κ1) is 17.0. The van der Waals surface area contributed by atoms with E-state index in [4.69, 9.17) is 4.74 Å². The van der Waals surface area contributed by atoms with Crippen LogP contribution in [0, 0.1) is 23.2 Å². The molecule has 0 amide bonds. The average Bonchev–Trinajstić information content (AvgIpc) is 2.56. The van der Waals surface area contributed by atoms with E-state index in [1.807, 2.05) is 24.3 Å². The molecule has 0 radical (unpaired) electrons.